The zero-order valence-corrected chi connectivity index (χ0v) is 9.84. The van der Waals surface area contributed by atoms with Gasteiger partial charge in [0.1, 0.15) is 0 Å². The van der Waals surface area contributed by atoms with Gasteiger partial charge in [-0.3, -0.25) is 4.90 Å². The summed E-state index contributed by atoms with van der Waals surface area (Å²) in [6.45, 7) is 10.7. The van der Waals surface area contributed by atoms with E-state index >= 15 is 0 Å². The van der Waals surface area contributed by atoms with Gasteiger partial charge in [0.25, 0.3) is 0 Å². The molecule has 2 rings (SSSR count). The van der Waals surface area contributed by atoms with Crippen molar-refractivity contribution in [1.82, 2.24) is 10.2 Å². The van der Waals surface area contributed by atoms with Crippen molar-refractivity contribution in [2.45, 2.75) is 51.6 Å². The number of rotatable bonds is 3. The maximum Gasteiger partial charge on any atom is 0.0334 e. The van der Waals surface area contributed by atoms with Crippen molar-refractivity contribution in [3.05, 3.63) is 0 Å². The predicted octanol–water partition coefficient (Wildman–Crippen LogP) is 1.86. The van der Waals surface area contributed by atoms with Gasteiger partial charge in [0, 0.05) is 24.7 Å². The zero-order valence-electron chi connectivity index (χ0n) is 9.84. The smallest absolute Gasteiger partial charge is 0.0334 e. The largest absolute Gasteiger partial charge is 0.311 e. The van der Waals surface area contributed by atoms with Crippen molar-refractivity contribution >= 4 is 0 Å². The highest BCUT2D eigenvalue weighted by Crippen LogP contribution is 2.43. The van der Waals surface area contributed by atoms with E-state index in [1.54, 1.807) is 0 Å². The summed E-state index contributed by atoms with van der Waals surface area (Å²) in [7, 11) is 0. The molecule has 2 atom stereocenters. The predicted molar refractivity (Wildman–Crippen MR) is 60.5 cm³/mol. The maximum absolute atomic E-state index is 3.70. The van der Waals surface area contributed by atoms with E-state index in [0.717, 1.165) is 12.0 Å². The van der Waals surface area contributed by atoms with Crippen molar-refractivity contribution in [3.8, 4) is 0 Å². The fraction of sp³-hybridized carbons (Fsp3) is 1.00. The lowest BCUT2D eigenvalue weighted by molar-refractivity contribution is 0.0392. The first-order chi connectivity index (χ1) is 6.70. The molecule has 0 amide bonds. The molecule has 2 unspecified atom stereocenters. The van der Waals surface area contributed by atoms with Crippen molar-refractivity contribution in [2.24, 2.45) is 5.92 Å². The second-order valence-corrected chi connectivity index (χ2v) is 5.16. The molecule has 82 valence electrons. The topological polar surface area (TPSA) is 15.3 Å². The third-order valence-corrected chi connectivity index (χ3v) is 4.24. The summed E-state index contributed by atoms with van der Waals surface area (Å²) in [5, 5.41) is 3.70. The van der Waals surface area contributed by atoms with Gasteiger partial charge in [0.2, 0.25) is 0 Å². The maximum atomic E-state index is 3.70. The minimum atomic E-state index is 0.459. The normalized spacial score (nSPS) is 40.1. The van der Waals surface area contributed by atoms with E-state index in [4.69, 9.17) is 0 Å². The van der Waals surface area contributed by atoms with Crippen molar-refractivity contribution < 1.29 is 0 Å². The van der Waals surface area contributed by atoms with Gasteiger partial charge in [-0.15, -0.1) is 0 Å². The Labute approximate surface area is 88.1 Å². The lowest BCUT2D eigenvalue weighted by atomic mass is 9.89. The van der Waals surface area contributed by atoms with Crippen molar-refractivity contribution in [1.29, 1.82) is 0 Å². The fourth-order valence-corrected chi connectivity index (χ4v) is 2.87. The molecule has 2 nitrogen and oxygen atoms in total. The van der Waals surface area contributed by atoms with E-state index in [9.17, 15) is 0 Å². The third kappa shape index (κ3) is 1.70. The highest BCUT2D eigenvalue weighted by molar-refractivity contribution is 5.04. The second kappa shape index (κ2) is 3.82. The van der Waals surface area contributed by atoms with Crippen LogP contribution in [0.3, 0.4) is 0 Å². The van der Waals surface area contributed by atoms with E-state index < -0.39 is 0 Å². The van der Waals surface area contributed by atoms with Gasteiger partial charge in [-0.05, 0) is 38.6 Å². The number of piperazine rings is 1. The van der Waals surface area contributed by atoms with Crippen molar-refractivity contribution in [2.75, 3.05) is 19.6 Å². The Morgan fingerprint density at radius 2 is 2.07 bits per heavy atom. The van der Waals surface area contributed by atoms with E-state index in [1.807, 2.05) is 0 Å². The van der Waals surface area contributed by atoms with Gasteiger partial charge in [-0.2, -0.15) is 0 Å². The molecule has 0 spiro atoms. The van der Waals surface area contributed by atoms with E-state index in [-0.39, 0.29) is 0 Å². The molecule has 1 saturated heterocycles. The average Bonchev–Trinajstić information content (AvgIpc) is 3.02. The summed E-state index contributed by atoms with van der Waals surface area (Å²) < 4.78 is 0. The van der Waals surface area contributed by atoms with Gasteiger partial charge in [-0.25, -0.2) is 0 Å². The monoisotopic (exact) mass is 196 g/mol. The molecule has 0 aromatic carbocycles. The lowest BCUT2D eigenvalue weighted by Crippen LogP contribution is -2.64. The fourth-order valence-electron chi connectivity index (χ4n) is 2.87. The van der Waals surface area contributed by atoms with Crippen LogP contribution in [0.2, 0.25) is 0 Å². The summed E-state index contributed by atoms with van der Waals surface area (Å²) in [6.07, 6.45) is 4.16. The van der Waals surface area contributed by atoms with Crippen LogP contribution in [0.15, 0.2) is 0 Å². The Bertz CT molecular complexity index is 200. The van der Waals surface area contributed by atoms with E-state index in [0.29, 0.717) is 5.54 Å². The van der Waals surface area contributed by atoms with E-state index in [1.165, 1.54) is 38.9 Å². The summed E-state index contributed by atoms with van der Waals surface area (Å²) in [5.41, 5.74) is 0.459. The van der Waals surface area contributed by atoms with Crippen LogP contribution in [0.4, 0.5) is 0 Å². The Morgan fingerprint density at radius 3 is 2.57 bits per heavy atom. The number of hydrogen-bond acceptors (Lipinski definition) is 2. The minimum absolute atomic E-state index is 0.459. The molecule has 1 heterocycles. The minimum Gasteiger partial charge on any atom is -0.311 e. The summed E-state index contributed by atoms with van der Waals surface area (Å²) in [6, 6.07) is 0.724. The molecule has 0 aromatic heterocycles. The number of nitrogens with one attached hydrogen (secondary N) is 1. The van der Waals surface area contributed by atoms with Crippen LogP contribution >= 0.6 is 0 Å². The Kier molecular flexibility index (Phi) is 2.85. The average molecular weight is 196 g/mol. The van der Waals surface area contributed by atoms with Crippen LogP contribution in [-0.4, -0.2) is 36.1 Å². The van der Waals surface area contributed by atoms with Crippen molar-refractivity contribution in [3.63, 3.8) is 0 Å². The van der Waals surface area contributed by atoms with Crippen LogP contribution < -0.4 is 5.32 Å². The first kappa shape index (κ1) is 10.4. The van der Waals surface area contributed by atoms with Gasteiger partial charge in [0.15, 0.2) is 0 Å². The SMILES string of the molecule is CCC1CN(CC)C(C)(C2CC2)CN1. The number of nitrogens with zero attached hydrogens (tertiary/aromatic N) is 1. The molecule has 1 saturated carbocycles. The number of hydrogen-bond donors (Lipinski definition) is 1. The molecule has 0 aromatic rings. The van der Waals surface area contributed by atoms with Gasteiger partial charge in [-0.1, -0.05) is 13.8 Å². The molecular formula is C12H24N2. The van der Waals surface area contributed by atoms with Crippen LogP contribution in [0.5, 0.6) is 0 Å². The van der Waals surface area contributed by atoms with E-state index in [2.05, 4.69) is 31.0 Å². The van der Waals surface area contributed by atoms with Crippen LogP contribution in [0, 0.1) is 5.92 Å². The number of likely N-dealkylation sites (N-methyl/N-ethyl adjacent to an activating group) is 1. The summed E-state index contributed by atoms with van der Waals surface area (Å²) in [5.74, 6) is 0.966. The molecule has 14 heavy (non-hydrogen) atoms. The molecule has 2 fully saturated rings. The highest BCUT2D eigenvalue weighted by Gasteiger charge is 2.47. The second-order valence-electron chi connectivity index (χ2n) is 5.16. The quantitative estimate of drug-likeness (QED) is 0.741. The van der Waals surface area contributed by atoms with Gasteiger partial charge < -0.3 is 5.32 Å². The molecule has 0 radical (unpaired) electrons. The Balaban J connectivity index is 2.03. The first-order valence-corrected chi connectivity index (χ1v) is 6.19. The molecule has 1 N–H and O–H groups in total. The molecular weight excluding hydrogens is 172 g/mol. The lowest BCUT2D eigenvalue weighted by Gasteiger charge is -2.48. The molecule has 1 aliphatic carbocycles. The molecule has 2 aliphatic rings. The Morgan fingerprint density at radius 1 is 1.36 bits per heavy atom. The van der Waals surface area contributed by atoms with Crippen LogP contribution in [0.25, 0.3) is 0 Å². The molecule has 2 heteroatoms. The third-order valence-electron chi connectivity index (χ3n) is 4.24. The van der Waals surface area contributed by atoms with Crippen LogP contribution in [-0.2, 0) is 0 Å². The summed E-state index contributed by atoms with van der Waals surface area (Å²) in [4.78, 5) is 2.70. The summed E-state index contributed by atoms with van der Waals surface area (Å²) >= 11 is 0. The van der Waals surface area contributed by atoms with Gasteiger partial charge >= 0.3 is 0 Å². The van der Waals surface area contributed by atoms with Gasteiger partial charge in [0.05, 0.1) is 0 Å². The molecule has 0 bridgehead atoms. The first-order valence-electron chi connectivity index (χ1n) is 6.19. The zero-order chi connectivity index (χ0) is 10.2. The Hall–Kier alpha value is -0.0800. The van der Waals surface area contributed by atoms with Crippen LogP contribution in [0.1, 0.15) is 40.0 Å². The molecule has 1 aliphatic heterocycles. The highest BCUT2D eigenvalue weighted by atomic mass is 15.3. The standard InChI is InChI=1S/C12H24N2/c1-4-11-8-14(5-2)12(3,9-13-11)10-6-7-10/h10-11,13H,4-9H2,1-3H3.